The van der Waals surface area contributed by atoms with E-state index in [2.05, 4.69) is 4.72 Å². The van der Waals surface area contributed by atoms with Gasteiger partial charge in [0.2, 0.25) is 0 Å². The van der Waals surface area contributed by atoms with Crippen molar-refractivity contribution in [2.45, 2.75) is 24.5 Å². The van der Waals surface area contributed by atoms with Crippen LogP contribution in [-0.2, 0) is 21.5 Å². The van der Waals surface area contributed by atoms with E-state index >= 15 is 0 Å². The lowest BCUT2D eigenvalue weighted by atomic mass is 10.1. The van der Waals surface area contributed by atoms with Gasteiger partial charge in [-0.05, 0) is 49.2 Å². The lowest BCUT2D eigenvalue weighted by molar-refractivity contribution is -0.132. The summed E-state index contributed by atoms with van der Waals surface area (Å²) < 4.78 is 15.0. The molecule has 2 aromatic rings. The third-order valence-electron chi connectivity index (χ3n) is 3.98. The van der Waals surface area contributed by atoms with E-state index in [9.17, 15) is 9.00 Å². The van der Waals surface area contributed by atoms with Crippen molar-refractivity contribution < 1.29 is 14.1 Å². The van der Waals surface area contributed by atoms with Crippen molar-refractivity contribution in [3.63, 3.8) is 0 Å². The minimum absolute atomic E-state index is 0.221. The standard InChI is InChI=1S/C22H24N2O3S2/c1-3-19(22(25)26)16(2)7-6-14-29(27)24-18-12-10-17(11-13-18)15-28-21-9-5-4-8-20(21)23/h3-14,24H,15,23H2,1-2H3,(H,25,26)/b14-6+,16-7-,19-3+. The summed E-state index contributed by atoms with van der Waals surface area (Å²) in [7, 11) is -1.42. The van der Waals surface area contributed by atoms with E-state index in [1.807, 2.05) is 48.5 Å². The molecule has 0 aromatic heterocycles. The molecule has 7 heteroatoms. The number of rotatable bonds is 9. The molecule has 0 aliphatic carbocycles. The minimum atomic E-state index is -1.42. The molecular formula is C22H24N2O3S2. The van der Waals surface area contributed by atoms with Crippen LogP contribution in [0.15, 0.2) is 88.2 Å². The third-order valence-corrected chi connectivity index (χ3v) is 5.98. The zero-order chi connectivity index (χ0) is 21.2. The number of nitrogens with two attached hydrogens (primary N) is 1. The Morgan fingerprint density at radius 3 is 2.52 bits per heavy atom. The molecule has 1 unspecified atom stereocenters. The van der Waals surface area contributed by atoms with Gasteiger partial charge in [0.25, 0.3) is 0 Å². The van der Waals surface area contributed by atoms with Crippen LogP contribution in [0.1, 0.15) is 19.4 Å². The van der Waals surface area contributed by atoms with Crippen LogP contribution in [0.3, 0.4) is 0 Å². The van der Waals surface area contributed by atoms with Crippen molar-refractivity contribution in [2.24, 2.45) is 0 Å². The van der Waals surface area contributed by atoms with Gasteiger partial charge in [0.05, 0.1) is 5.57 Å². The van der Waals surface area contributed by atoms with E-state index in [0.717, 1.165) is 27.6 Å². The molecule has 0 spiro atoms. The Kier molecular flexibility index (Phi) is 8.76. The van der Waals surface area contributed by atoms with E-state index in [1.54, 1.807) is 37.8 Å². The molecule has 152 valence electrons. The number of nitrogen functional groups attached to an aromatic ring is 1. The summed E-state index contributed by atoms with van der Waals surface area (Å²) in [5.41, 5.74) is 9.41. The number of carboxylic acids is 1. The van der Waals surface area contributed by atoms with Crippen molar-refractivity contribution in [3.05, 3.63) is 88.9 Å². The summed E-state index contributed by atoms with van der Waals surface area (Å²) in [4.78, 5) is 12.1. The number of benzene rings is 2. The highest BCUT2D eigenvalue weighted by Gasteiger charge is 2.06. The zero-order valence-corrected chi connectivity index (χ0v) is 17.9. The second kappa shape index (κ2) is 11.3. The van der Waals surface area contributed by atoms with Crippen LogP contribution in [0.4, 0.5) is 11.4 Å². The smallest absolute Gasteiger partial charge is 0.335 e. The summed E-state index contributed by atoms with van der Waals surface area (Å²) in [6, 6.07) is 15.5. The predicted molar refractivity (Wildman–Crippen MR) is 123 cm³/mol. The largest absolute Gasteiger partial charge is 0.478 e. The number of hydrogen-bond acceptors (Lipinski definition) is 4. The fourth-order valence-corrected chi connectivity index (χ4v) is 4.04. The summed E-state index contributed by atoms with van der Waals surface area (Å²) in [5.74, 6) is -0.194. The molecule has 0 bridgehead atoms. The van der Waals surface area contributed by atoms with Crippen LogP contribution in [-0.4, -0.2) is 15.3 Å². The fraction of sp³-hybridized carbons (Fsp3) is 0.136. The molecule has 0 heterocycles. The van der Waals surface area contributed by atoms with Crippen molar-refractivity contribution in [1.82, 2.24) is 0 Å². The Morgan fingerprint density at radius 2 is 1.90 bits per heavy atom. The summed E-state index contributed by atoms with van der Waals surface area (Å²) in [6.45, 7) is 3.37. The lowest BCUT2D eigenvalue weighted by Crippen LogP contribution is -2.01. The van der Waals surface area contributed by atoms with Gasteiger partial charge in [0.1, 0.15) is 11.0 Å². The first-order valence-corrected chi connectivity index (χ1v) is 11.1. The molecule has 0 saturated heterocycles. The van der Waals surface area contributed by atoms with E-state index in [-0.39, 0.29) is 5.57 Å². The van der Waals surface area contributed by atoms with E-state index in [1.165, 1.54) is 11.5 Å². The Morgan fingerprint density at radius 1 is 1.21 bits per heavy atom. The van der Waals surface area contributed by atoms with Crippen molar-refractivity contribution in [3.8, 4) is 0 Å². The number of para-hydroxylation sites is 1. The van der Waals surface area contributed by atoms with Crippen LogP contribution in [0.2, 0.25) is 0 Å². The van der Waals surface area contributed by atoms with Crippen LogP contribution in [0.5, 0.6) is 0 Å². The molecule has 0 fully saturated rings. The Labute approximate surface area is 178 Å². The molecule has 2 aromatic carbocycles. The average Bonchev–Trinajstić information content (AvgIpc) is 2.68. The van der Waals surface area contributed by atoms with Gasteiger partial charge in [0, 0.05) is 27.4 Å². The van der Waals surface area contributed by atoms with Crippen molar-refractivity contribution in [1.29, 1.82) is 0 Å². The lowest BCUT2D eigenvalue weighted by Gasteiger charge is -2.07. The van der Waals surface area contributed by atoms with E-state index < -0.39 is 17.0 Å². The van der Waals surface area contributed by atoms with Crippen LogP contribution >= 0.6 is 11.8 Å². The number of anilines is 2. The number of nitrogens with one attached hydrogen (secondary N) is 1. The summed E-state index contributed by atoms with van der Waals surface area (Å²) in [6.07, 6.45) is 4.74. The number of hydrogen-bond donors (Lipinski definition) is 3. The topological polar surface area (TPSA) is 92.4 Å². The maximum Gasteiger partial charge on any atom is 0.335 e. The number of aliphatic carboxylic acids is 1. The molecule has 29 heavy (non-hydrogen) atoms. The highest BCUT2D eigenvalue weighted by molar-refractivity contribution is 7.98. The van der Waals surface area contributed by atoms with E-state index in [0.29, 0.717) is 5.57 Å². The first-order chi connectivity index (χ1) is 13.9. The highest BCUT2D eigenvalue weighted by atomic mass is 32.2. The molecule has 0 amide bonds. The number of carboxylic acid groups (broad SMARTS) is 1. The maximum absolute atomic E-state index is 12.1. The first kappa shape index (κ1) is 22.5. The summed E-state index contributed by atoms with van der Waals surface area (Å²) >= 11 is 1.67. The zero-order valence-electron chi connectivity index (χ0n) is 16.3. The van der Waals surface area contributed by atoms with Crippen molar-refractivity contribution in [2.75, 3.05) is 10.5 Å². The third kappa shape index (κ3) is 7.29. The van der Waals surface area contributed by atoms with E-state index in [4.69, 9.17) is 10.8 Å². The second-order valence-corrected chi connectivity index (χ2v) is 8.20. The normalized spacial score (nSPS) is 13.4. The molecular weight excluding hydrogens is 404 g/mol. The van der Waals surface area contributed by atoms with Crippen LogP contribution < -0.4 is 10.5 Å². The first-order valence-electron chi connectivity index (χ1n) is 8.89. The number of carbonyl (C=O) groups is 1. The molecule has 2 rings (SSSR count). The molecule has 0 aliphatic heterocycles. The van der Waals surface area contributed by atoms with Crippen LogP contribution in [0, 0.1) is 0 Å². The molecule has 0 radical (unpaired) electrons. The molecule has 0 aliphatic rings. The van der Waals surface area contributed by atoms with Gasteiger partial charge in [-0.3, -0.25) is 0 Å². The average molecular weight is 429 g/mol. The van der Waals surface area contributed by atoms with Gasteiger partial charge < -0.3 is 15.6 Å². The van der Waals surface area contributed by atoms with Gasteiger partial charge >= 0.3 is 5.97 Å². The summed E-state index contributed by atoms with van der Waals surface area (Å²) in [5, 5.41) is 10.5. The SMILES string of the molecule is C\C=C(C(=O)O)/C(C)=C\C=C\S(=O)Nc1ccc(CSc2ccccc2N)cc1. The van der Waals surface area contributed by atoms with Gasteiger partial charge in [0.15, 0.2) is 0 Å². The highest BCUT2D eigenvalue weighted by Crippen LogP contribution is 2.28. The molecule has 5 nitrogen and oxygen atoms in total. The molecule has 4 N–H and O–H groups in total. The quantitative estimate of drug-likeness (QED) is 0.223. The van der Waals surface area contributed by atoms with Gasteiger partial charge in [-0.15, -0.1) is 11.8 Å². The number of allylic oxidation sites excluding steroid dienone is 3. The monoisotopic (exact) mass is 428 g/mol. The molecule has 0 saturated carbocycles. The van der Waals surface area contributed by atoms with Crippen LogP contribution in [0.25, 0.3) is 0 Å². The number of thioether (sulfide) groups is 1. The van der Waals surface area contributed by atoms with Gasteiger partial charge in [-0.25, -0.2) is 9.00 Å². The fourth-order valence-electron chi connectivity index (χ4n) is 2.46. The predicted octanol–water partition coefficient (Wildman–Crippen LogP) is 5.13. The second-order valence-electron chi connectivity index (χ2n) is 6.11. The molecule has 1 atom stereocenters. The Hall–Kier alpha value is -2.77. The van der Waals surface area contributed by atoms with Gasteiger partial charge in [-0.2, -0.15) is 0 Å². The Balaban J connectivity index is 1.89. The van der Waals surface area contributed by atoms with Gasteiger partial charge in [-0.1, -0.05) is 42.5 Å². The maximum atomic E-state index is 12.1. The Bertz CT molecular complexity index is 964. The van der Waals surface area contributed by atoms with Crippen molar-refractivity contribution >= 4 is 40.1 Å². The minimum Gasteiger partial charge on any atom is -0.478 e.